The largest absolute Gasteiger partial charge is 0.481 e. The van der Waals surface area contributed by atoms with Crippen LogP contribution in [0.4, 0.5) is 4.79 Å². The Bertz CT molecular complexity index is 340. The summed E-state index contributed by atoms with van der Waals surface area (Å²) in [5.41, 5.74) is 0. The van der Waals surface area contributed by atoms with E-state index in [1.54, 1.807) is 0 Å². The van der Waals surface area contributed by atoms with Crippen LogP contribution in [0.5, 0.6) is 0 Å². The van der Waals surface area contributed by atoms with Crippen LogP contribution in [0.3, 0.4) is 0 Å². The molecule has 1 heterocycles. The molecule has 1 saturated carbocycles. The topological polar surface area (TPSA) is 69.6 Å². The Balaban J connectivity index is 1.83. The molecular weight excluding hydrogens is 244 g/mol. The van der Waals surface area contributed by atoms with Crippen LogP contribution in [0.15, 0.2) is 0 Å². The Labute approximate surface area is 114 Å². The summed E-state index contributed by atoms with van der Waals surface area (Å²) in [5, 5.41) is 11.8. The fourth-order valence-corrected chi connectivity index (χ4v) is 3.14. The van der Waals surface area contributed by atoms with Crippen molar-refractivity contribution >= 4 is 12.0 Å². The number of carboxylic acid groups (broad SMARTS) is 1. The van der Waals surface area contributed by atoms with Gasteiger partial charge < -0.3 is 15.3 Å². The number of hydrogen-bond acceptors (Lipinski definition) is 2. The van der Waals surface area contributed by atoms with E-state index in [0.717, 1.165) is 44.6 Å². The summed E-state index contributed by atoms with van der Waals surface area (Å²) in [6, 6.07) is 0.430. The Morgan fingerprint density at radius 1 is 1.32 bits per heavy atom. The molecule has 2 aliphatic rings. The number of nitrogens with zero attached hydrogens (tertiary/aromatic N) is 1. The molecule has 2 rings (SSSR count). The quantitative estimate of drug-likeness (QED) is 0.821. The molecular formula is C14H24N2O3. The molecule has 1 aliphatic heterocycles. The summed E-state index contributed by atoms with van der Waals surface area (Å²) in [5.74, 6) is -0.0618. The third-order valence-electron chi connectivity index (χ3n) is 4.28. The van der Waals surface area contributed by atoms with Gasteiger partial charge in [0.15, 0.2) is 0 Å². The first kappa shape index (κ1) is 14.2. The molecule has 2 amide bonds. The number of amides is 2. The minimum Gasteiger partial charge on any atom is -0.481 e. The highest BCUT2D eigenvalue weighted by molar-refractivity contribution is 5.75. The van der Waals surface area contributed by atoms with Crippen molar-refractivity contribution in [2.75, 3.05) is 6.54 Å². The van der Waals surface area contributed by atoms with Gasteiger partial charge in [-0.2, -0.15) is 0 Å². The van der Waals surface area contributed by atoms with Crippen molar-refractivity contribution in [1.29, 1.82) is 0 Å². The molecule has 0 aromatic heterocycles. The van der Waals surface area contributed by atoms with Crippen LogP contribution in [0, 0.1) is 5.92 Å². The molecule has 2 N–H and O–H groups in total. The number of carbonyl (C=O) groups is 2. The van der Waals surface area contributed by atoms with Crippen LogP contribution < -0.4 is 5.32 Å². The molecule has 2 fully saturated rings. The Morgan fingerprint density at radius 3 is 2.68 bits per heavy atom. The van der Waals surface area contributed by atoms with E-state index >= 15 is 0 Å². The Morgan fingerprint density at radius 2 is 2.05 bits per heavy atom. The average Bonchev–Trinajstić information content (AvgIpc) is 2.34. The molecule has 1 aliphatic carbocycles. The molecule has 108 valence electrons. The number of carboxylic acids is 1. The van der Waals surface area contributed by atoms with Gasteiger partial charge in [-0.25, -0.2) is 4.79 Å². The summed E-state index contributed by atoms with van der Waals surface area (Å²) < 4.78 is 0. The van der Waals surface area contributed by atoms with Crippen LogP contribution in [-0.2, 0) is 4.79 Å². The van der Waals surface area contributed by atoms with Crippen molar-refractivity contribution in [3.63, 3.8) is 0 Å². The van der Waals surface area contributed by atoms with Crippen molar-refractivity contribution < 1.29 is 14.7 Å². The number of nitrogens with one attached hydrogen (secondary N) is 1. The first-order chi connectivity index (χ1) is 9.06. The van der Waals surface area contributed by atoms with Gasteiger partial charge >= 0.3 is 12.0 Å². The zero-order valence-electron chi connectivity index (χ0n) is 11.6. The van der Waals surface area contributed by atoms with Crippen LogP contribution in [0.25, 0.3) is 0 Å². The van der Waals surface area contributed by atoms with E-state index in [9.17, 15) is 9.59 Å². The number of aliphatic carboxylic acids is 1. The van der Waals surface area contributed by atoms with Gasteiger partial charge in [0.1, 0.15) is 0 Å². The number of likely N-dealkylation sites (tertiary alicyclic amines) is 1. The molecule has 5 nitrogen and oxygen atoms in total. The van der Waals surface area contributed by atoms with Gasteiger partial charge in [-0.3, -0.25) is 4.79 Å². The van der Waals surface area contributed by atoms with Gasteiger partial charge in [0.25, 0.3) is 0 Å². The summed E-state index contributed by atoms with van der Waals surface area (Å²) in [6.45, 7) is 2.96. The zero-order valence-corrected chi connectivity index (χ0v) is 11.6. The molecule has 0 spiro atoms. The predicted molar refractivity (Wildman–Crippen MR) is 71.9 cm³/mol. The smallest absolute Gasteiger partial charge is 0.317 e. The summed E-state index contributed by atoms with van der Waals surface area (Å²) in [4.78, 5) is 24.8. The molecule has 0 aromatic carbocycles. The second-order valence-corrected chi connectivity index (χ2v) is 6.00. The van der Waals surface area contributed by atoms with E-state index in [0.29, 0.717) is 12.5 Å². The third kappa shape index (κ3) is 3.85. The van der Waals surface area contributed by atoms with Gasteiger partial charge in [0, 0.05) is 25.0 Å². The van der Waals surface area contributed by atoms with Crippen molar-refractivity contribution in [2.45, 2.75) is 64.0 Å². The Hall–Kier alpha value is -1.26. The lowest BCUT2D eigenvalue weighted by molar-refractivity contribution is -0.137. The average molecular weight is 268 g/mol. The second kappa shape index (κ2) is 6.26. The Kier molecular flexibility index (Phi) is 4.66. The lowest BCUT2D eigenvalue weighted by Crippen LogP contribution is -2.53. The van der Waals surface area contributed by atoms with Crippen molar-refractivity contribution in [3.05, 3.63) is 0 Å². The molecule has 1 unspecified atom stereocenters. The minimum atomic E-state index is -0.779. The van der Waals surface area contributed by atoms with Crippen molar-refractivity contribution in [1.82, 2.24) is 10.2 Å². The number of rotatable bonds is 4. The highest BCUT2D eigenvalue weighted by Crippen LogP contribution is 2.27. The molecule has 0 radical (unpaired) electrons. The highest BCUT2D eigenvalue weighted by Gasteiger charge is 2.31. The van der Waals surface area contributed by atoms with E-state index in [-0.39, 0.29) is 18.5 Å². The van der Waals surface area contributed by atoms with Gasteiger partial charge in [0.2, 0.25) is 0 Å². The highest BCUT2D eigenvalue weighted by atomic mass is 16.4. The standard InChI is InChI=1S/C14H24N2O3/c1-10-8-11(9-10)15-14(19)16-7-3-2-4-12(16)5-6-13(17)18/h10-12H,2-9H2,1H3,(H,15,19)(H,17,18). The maximum absolute atomic E-state index is 12.2. The summed E-state index contributed by atoms with van der Waals surface area (Å²) >= 11 is 0. The summed E-state index contributed by atoms with van der Waals surface area (Å²) in [7, 11) is 0. The molecule has 1 saturated heterocycles. The maximum Gasteiger partial charge on any atom is 0.317 e. The lowest BCUT2D eigenvalue weighted by Gasteiger charge is -2.39. The first-order valence-corrected chi connectivity index (χ1v) is 7.35. The minimum absolute atomic E-state index is 0.00647. The van der Waals surface area contributed by atoms with E-state index in [1.807, 2.05) is 4.90 Å². The van der Waals surface area contributed by atoms with Crippen LogP contribution in [-0.4, -0.2) is 40.6 Å². The van der Waals surface area contributed by atoms with Gasteiger partial charge in [-0.05, 0) is 44.4 Å². The number of hydrogen-bond donors (Lipinski definition) is 2. The third-order valence-corrected chi connectivity index (χ3v) is 4.28. The van der Waals surface area contributed by atoms with Crippen LogP contribution in [0.1, 0.15) is 51.9 Å². The summed E-state index contributed by atoms with van der Waals surface area (Å²) in [6.07, 6.45) is 5.91. The number of carbonyl (C=O) groups excluding carboxylic acids is 1. The van der Waals surface area contributed by atoms with E-state index in [4.69, 9.17) is 5.11 Å². The van der Waals surface area contributed by atoms with Gasteiger partial charge in [-0.1, -0.05) is 6.92 Å². The fraction of sp³-hybridized carbons (Fsp3) is 0.857. The lowest BCUT2D eigenvalue weighted by atomic mass is 9.82. The number of urea groups is 1. The SMILES string of the molecule is CC1CC(NC(=O)N2CCCCC2CCC(=O)O)C1. The zero-order chi connectivity index (χ0) is 13.8. The molecule has 0 bridgehead atoms. The molecule has 0 aromatic rings. The second-order valence-electron chi connectivity index (χ2n) is 6.00. The van der Waals surface area contributed by atoms with E-state index in [1.165, 1.54) is 0 Å². The number of piperidine rings is 1. The van der Waals surface area contributed by atoms with Crippen LogP contribution in [0.2, 0.25) is 0 Å². The molecule has 5 heteroatoms. The van der Waals surface area contributed by atoms with Gasteiger partial charge in [-0.15, -0.1) is 0 Å². The van der Waals surface area contributed by atoms with E-state index < -0.39 is 5.97 Å². The normalized spacial score (nSPS) is 30.6. The van der Waals surface area contributed by atoms with Crippen molar-refractivity contribution in [2.24, 2.45) is 5.92 Å². The van der Waals surface area contributed by atoms with Crippen molar-refractivity contribution in [3.8, 4) is 0 Å². The van der Waals surface area contributed by atoms with Gasteiger partial charge in [0.05, 0.1) is 0 Å². The molecule has 1 atom stereocenters. The maximum atomic E-state index is 12.2. The fourth-order valence-electron chi connectivity index (χ4n) is 3.14. The first-order valence-electron chi connectivity index (χ1n) is 7.35. The predicted octanol–water partition coefficient (Wildman–Crippen LogP) is 2.21. The monoisotopic (exact) mass is 268 g/mol. The van der Waals surface area contributed by atoms with E-state index in [2.05, 4.69) is 12.2 Å². The molecule has 19 heavy (non-hydrogen) atoms. The van der Waals surface area contributed by atoms with Crippen LogP contribution >= 0.6 is 0 Å².